The Labute approximate surface area is 306 Å². The molecule has 51 heavy (non-hydrogen) atoms. The third-order valence-electron chi connectivity index (χ3n) is 11.2. The van der Waals surface area contributed by atoms with Crippen molar-refractivity contribution in [3.05, 3.63) is 180 Å². The quantitative estimate of drug-likeness (QED) is 0.199. The minimum Gasteiger partial charge on any atom is -0.382 e. The van der Waals surface area contributed by atoms with Crippen molar-refractivity contribution in [3.8, 4) is 11.1 Å². The van der Waals surface area contributed by atoms with E-state index in [2.05, 4.69) is 169 Å². The molecule has 7 aromatic rings. The molecular formula is C47H34N2S2. The number of hydrogen-bond donors (Lipinski definition) is 1. The van der Waals surface area contributed by atoms with Gasteiger partial charge in [0.1, 0.15) is 0 Å². The molecule has 1 aromatic heterocycles. The zero-order valence-corrected chi connectivity index (χ0v) is 29.8. The van der Waals surface area contributed by atoms with Gasteiger partial charge in [-0.3, -0.25) is 0 Å². The molecule has 0 saturated carbocycles. The van der Waals surface area contributed by atoms with E-state index < -0.39 is 5.41 Å². The summed E-state index contributed by atoms with van der Waals surface area (Å²) >= 11 is 3.83. The van der Waals surface area contributed by atoms with Gasteiger partial charge in [0.15, 0.2) is 0 Å². The monoisotopic (exact) mass is 690 g/mol. The fourth-order valence-electron chi connectivity index (χ4n) is 9.03. The molecule has 2 atom stereocenters. The predicted molar refractivity (Wildman–Crippen MR) is 215 cm³/mol. The van der Waals surface area contributed by atoms with E-state index in [0.717, 1.165) is 12.8 Å². The minimum atomic E-state index is -0.466. The van der Waals surface area contributed by atoms with Crippen LogP contribution in [-0.4, -0.2) is 10.6 Å². The highest BCUT2D eigenvalue weighted by atomic mass is 32.2. The van der Waals surface area contributed by atoms with Crippen LogP contribution in [0.3, 0.4) is 0 Å². The molecule has 244 valence electrons. The number of hydrogen-bond acceptors (Lipinski definition) is 3. The van der Waals surface area contributed by atoms with Crippen molar-refractivity contribution in [2.45, 2.75) is 50.8 Å². The molecule has 1 N–H and O–H groups in total. The molecule has 0 saturated heterocycles. The van der Waals surface area contributed by atoms with Gasteiger partial charge in [0.05, 0.1) is 16.4 Å². The van der Waals surface area contributed by atoms with E-state index in [1.165, 1.54) is 91.7 Å². The van der Waals surface area contributed by atoms with Crippen LogP contribution in [0, 0.1) is 0 Å². The molecule has 0 fully saturated rings. The van der Waals surface area contributed by atoms with Crippen molar-refractivity contribution in [3.63, 3.8) is 0 Å². The molecule has 4 heterocycles. The summed E-state index contributed by atoms with van der Waals surface area (Å²) in [5.41, 5.74) is 13.9. The van der Waals surface area contributed by atoms with Gasteiger partial charge in [-0.25, -0.2) is 0 Å². The summed E-state index contributed by atoms with van der Waals surface area (Å²) in [6.45, 7) is 2.26. The van der Waals surface area contributed by atoms with Gasteiger partial charge in [-0.15, -0.1) is 0 Å². The van der Waals surface area contributed by atoms with Crippen LogP contribution < -0.4 is 5.32 Å². The molecule has 11 rings (SSSR count). The van der Waals surface area contributed by atoms with Crippen molar-refractivity contribution >= 4 is 56.7 Å². The molecule has 2 unspecified atom stereocenters. The zero-order chi connectivity index (χ0) is 33.7. The first-order valence-corrected chi connectivity index (χ1v) is 19.5. The highest BCUT2D eigenvalue weighted by molar-refractivity contribution is 8.00. The first-order valence-electron chi connectivity index (χ1n) is 17.9. The highest BCUT2D eigenvalue weighted by Gasteiger charge is 2.49. The second-order valence-electron chi connectivity index (χ2n) is 14.1. The van der Waals surface area contributed by atoms with Crippen LogP contribution in [0.15, 0.2) is 171 Å². The maximum atomic E-state index is 3.71. The lowest BCUT2D eigenvalue weighted by Crippen LogP contribution is -2.36. The zero-order valence-electron chi connectivity index (χ0n) is 28.2. The van der Waals surface area contributed by atoms with E-state index in [-0.39, 0.29) is 0 Å². The Balaban J connectivity index is 1.21. The summed E-state index contributed by atoms with van der Waals surface area (Å²) in [5, 5.41) is 6.30. The van der Waals surface area contributed by atoms with Gasteiger partial charge in [-0.1, -0.05) is 133 Å². The molecule has 0 bridgehead atoms. The lowest BCUT2D eigenvalue weighted by molar-refractivity contribution is 0.666. The first kappa shape index (κ1) is 29.6. The van der Waals surface area contributed by atoms with Crippen LogP contribution >= 0.6 is 23.5 Å². The molecule has 2 nitrogen and oxygen atoms in total. The van der Waals surface area contributed by atoms with Crippen molar-refractivity contribution < 1.29 is 0 Å². The van der Waals surface area contributed by atoms with E-state index in [1.54, 1.807) is 0 Å². The van der Waals surface area contributed by atoms with Crippen LogP contribution in [0.4, 0.5) is 0 Å². The Morgan fingerprint density at radius 2 is 1.35 bits per heavy atom. The van der Waals surface area contributed by atoms with Gasteiger partial charge in [-0.2, -0.15) is 0 Å². The van der Waals surface area contributed by atoms with Crippen LogP contribution in [0.5, 0.6) is 0 Å². The maximum absolute atomic E-state index is 3.71. The number of nitrogens with one attached hydrogen (secondary N) is 1. The predicted octanol–water partition coefficient (Wildman–Crippen LogP) is 12.3. The molecule has 1 aliphatic carbocycles. The Morgan fingerprint density at radius 1 is 0.647 bits per heavy atom. The van der Waals surface area contributed by atoms with E-state index >= 15 is 0 Å². The fraction of sp³-hybridized carbons (Fsp3) is 0.106. The summed E-state index contributed by atoms with van der Waals surface area (Å²) in [7, 11) is 0. The van der Waals surface area contributed by atoms with E-state index in [1.807, 2.05) is 23.5 Å². The molecule has 4 heteroatoms. The standard InChI is InChI=1S/C47H34N2S2/c1-29-21-25-40(48-29)31-22-24-38-45(28-31)51-43-20-9-6-17-37(43)47(38)36-16-5-8-19-42(36)50-44-26-23-30(27-39(44)47)33-14-10-15-35-34-13-4-7-18-41(34)49(46(33)35)32-11-2-3-12-32/h2-11,13-20,22-29,48H,12,21H2,1H3. The molecule has 1 spiro atoms. The Hall–Kier alpha value is -5.16. The van der Waals surface area contributed by atoms with E-state index in [0.29, 0.717) is 6.04 Å². The number of allylic oxidation sites excluding steroid dienone is 4. The molecule has 6 aromatic carbocycles. The van der Waals surface area contributed by atoms with Gasteiger partial charge < -0.3 is 9.88 Å². The maximum Gasteiger partial charge on any atom is 0.0745 e. The molecule has 4 aliphatic rings. The third kappa shape index (κ3) is 4.21. The van der Waals surface area contributed by atoms with Gasteiger partial charge >= 0.3 is 0 Å². The Morgan fingerprint density at radius 3 is 2.14 bits per heavy atom. The van der Waals surface area contributed by atoms with Gasteiger partial charge in [0, 0.05) is 59.8 Å². The summed E-state index contributed by atoms with van der Waals surface area (Å²) in [6.07, 6.45) is 11.1. The highest BCUT2D eigenvalue weighted by Crippen LogP contribution is 2.62. The third-order valence-corrected chi connectivity index (χ3v) is 13.5. The number of benzene rings is 6. The SMILES string of the molecule is CC1CC=C(c2ccc3c(c2)Sc2ccccc2C32c3ccccc3Sc3ccc(-c4cccc5c6ccccc6n(C6=CC=CC6)c45)cc32)N1. The Bertz CT molecular complexity index is 2700. The fourth-order valence-corrected chi connectivity index (χ4v) is 11.4. The van der Waals surface area contributed by atoms with Gasteiger partial charge in [0.25, 0.3) is 0 Å². The summed E-state index contributed by atoms with van der Waals surface area (Å²) in [5.74, 6) is 0. The number of fused-ring (bicyclic) bond motifs is 11. The smallest absolute Gasteiger partial charge is 0.0745 e. The van der Waals surface area contributed by atoms with E-state index in [9.17, 15) is 0 Å². The van der Waals surface area contributed by atoms with E-state index in [4.69, 9.17) is 0 Å². The van der Waals surface area contributed by atoms with Crippen molar-refractivity contribution in [2.24, 2.45) is 0 Å². The lowest BCUT2D eigenvalue weighted by Gasteiger charge is -2.45. The second kappa shape index (κ2) is 11.2. The first-order chi connectivity index (χ1) is 25.2. The van der Waals surface area contributed by atoms with Crippen molar-refractivity contribution in [1.29, 1.82) is 0 Å². The molecule has 0 radical (unpaired) electrons. The van der Waals surface area contributed by atoms with Crippen LogP contribution in [0.25, 0.3) is 44.3 Å². The minimum absolute atomic E-state index is 0.465. The van der Waals surface area contributed by atoms with Crippen molar-refractivity contribution in [1.82, 2.24) is 9.88 Å². The van der Waals surface area contributed by atoms with Gasteiger partial charge in [-0.05, 0) is 89.2 Å². The summed E-state index contributed by atoms with van der Waals surface area (Å²) < 4.78 is 2.51. The number of aromatic nitrogens is 1. The van der Waals surface area contributed by atoms with Crippen molar-refractivity contribution in [2.75, 3.05) is 0 Å². The molecular weight excluding hydrogens is 657 g/mol. The topological polar surface area (TPSA) is 17.0 Å². The van der Waals surface area contributed by atoms with Crippen LogP contribution in [-0.2, 0) is 5.41 Å². The number of rotatable bonds is 3. The van der Waals surface area contributed by atoms with Gasteiger partial charge in [0.2, 0.25) is 0 Å². The molecule has 0 amide bonds. The normalized spacial score (nSPS) is 19.7. The lowest BCUT2D eigenvalue weighted by atomic mass is 9.64. The Kier molecular flexibility index (Phi) is 6.47. The second-order valence-corrected chi connectivity index (χ2v) is 16.3. The summed E-state index contributed by atoms with van der Waals surface area (Å²) in [6, 6.07) is 48.9. The average Bonchev–Trinajstić information content (AvgIpc) is 3.94. The summed E-state index contributed by atoms with van der Waals surface area (Å²) in [4.78, 5) is 5.30. The average molecular weight is 691 g/mol. The van der Waals surface area contributed by atoms with Crippen LogP contribution in [0.2, 0.25) is 0 Å². The number of para-hydroxylation sites is 2. The number of nitrogens with zero attached hydrogens (tertiary/aromatic N) is 1. The molecule has 3 aliphatic heterocycles. The van der Waals surface area contributed by atoms with Crippen LogP contribution in [0.1, 0.15) is 47.6 Å². The largest absolute Gasteiger partial charge is 0.382 e.